The van der Waals surface area contributed by atoms with E-state index in [1.165, 1.54) is 0 Å². The van der Waals surface area contributed by atoms with Gasteiger partial charge in [0.05, 0.1) is 21.6 Å². The number of imidazole rings is 1. The number of rotatable bonds is 4. The molecule has 3 aromatic heterocycles. The Kier molecular flexibility index (Phi) is 3.99. The summed E-state index contributed by atoms with van der Waals surface area (Å²) in [7, 11) is 0. The van der Waals surface area contributed by atoms with Crippen molar-refractivity contribution in [1.82, 2.24) is 19.7 Å². The molecule has 0 unspecified atom stereocenters. The van der Waals surface area contributed by atoms with Crippen LogP contribution in [0.3, 0.4) is 0 Å². The second-order valence-electron chi connectivity index (χ2n) is 6.20. The summed E-state index contributed by atoms with van der Waals surface area (Å²) in [6.45, 7) is 0. The maximum absolute atomic E-state index is 13.0. The highest BCUT2D eigenvalue weighted by molar-refractivity contribution is 7.13. The number of amides is 1. The number of carbonyl (C=O) groups excluding carboxylic acids is 1. The van der Waals surface area contributed by atoms with E-state index in [0.29, 0.717) is 11.6 Å². The molecule has 0 aliphatic heterocycles. The first-order valence-electron chi connectivity index (χ1n) is 8.73. The normalized spacial score (nSPS) is 11.0. The Labute approximate surface area is 164 Å². The van der Waals surface area contributed by atoms with Gasteiger partial charge in [-0.3, -0.25) is 10.1 Å². The largest absolute Gasteiger partial charge is 0.324 e. The Bertz CT molecular complexity index is 1220. The van der Waals surface area contributed by atoms with E-state index < -0.39 is 0 Å². The second kappa shape index (κ2) is 6.79. The van der Waals surface area contributed by atoms with E-state index in [-0.39, 0.29) is 5.91 Å². The zero-order valence-electron chi connectivity index (χ0n) is 14.7. The molecule has 0 saturated heterocycles. The van der Waals surface area contributed by atoms with Crippen molar-refractivity contribution >= 4 is 34.2 Å². The number of fused-ring (bicyclic) bond motifs is 1. The number of para-hydroxylation sites is 3. The molecule has 5 aromatic rings. The van der Waals surface area contributed by atoms with Gasteiger partial charge in [0, 0.05) is 0 Å². The molecule has 5 rings (SSSR count). The first kappa shape index (κ1) is 16.5. The van der Waals surface area contributed by atoms with Crippen LogP contribution in [0, 0.1) is 0 Å². The van der Waals surface area contributed by atoms with Gasteiger partial charge in [0.25, 0.3) is 5.91 Å². The average molecular weight is 385 g/mol. The van der Waals surface area contributed by atoms with Gasteiger partial charge in [-0.05, 0) is 41.8 Å². The molecule has 0 atom stereocenters. The summed E-state index contributed by atoms with van der Waals surface area (Å²) in [6, 6.07) is 23.0. The molecule has 0 aliphatic carbocycles. The Morgan fingerprint density at radius 3 is 2.61 bits per heavy atom. The molecule has 28 heavy (non-hydrogen) atoms. The molecule has 0 radical (unpaired) electrons. The molecule has 136 valence electrons. The number of nitrogens with one attached hydrogen (secondary N) is 2. The van der Waals surface area contributed by atoms with Crippen molar-refractivity contribution in [3.05, 3.63) is 83.9 Å². The van der Waals surface area contributed by atoms with E-state index in [9.17, 15) is 4.79 Å². The van der Waals surface area contributed by atoms with Crippen LogP contribution < -0.4 is 5.32 Å². The second-order valence-corrected chi connectivity index (χ2v) is 7.14. The maximum atomic E-state index is 13.0. The lowest BCUT2D eigenvalue weighted by Gasteiger charge is -2.06. The molecule has 0 bridgehead atoms. The van der Waals surface area contributed by atoms with Crippen LogP contribution in [0.4, 0.5) is 5.95 Å². The lowest BCUT2D eigenvalue weighted by molar-refractivity contribution is 0.101. The lowest BCUT2D eigenvalue weighted by Crippen LogP contribution is -2.17. The SMILES string of the molecule is O=C(Nc1nc2ccccc2[nH]1)c1cc(-c2cccs2)nn1-c1ccccc1. The van der Waals surface area contributed by atoms with Gasteiger partial charge in [-0.2, -0.15) is 5.10 Å². The van der Waals surface area contributed by atoms with Crippen molar-refractivity contribution in [3.8, 4) is 16.3 Å². The van der Waals surface area contributed by atoms with E-state index in [2.05, 4.69) is 20.4 Å². The highest BCUT2D eigenvalue weighted by atomic mass is 32.1. The zero-order chi connectivity index (χ0) is 18.9. The fraction of sp³-hybridized carbons (Fsp3) is 0. The molecule has 0 fully saturated rings. The third-order valence-electron chi connectivity index (χ3n) is 4.34. The number of thiophene rings is 1. The van der Waals surface area contributed by atoms with Crippen LogP contribution in [-0.4, -0.2) is 25.7 Å². The van der Waals surface area contributed by atoms with Crippen molar-refractivity contribution in [2.45, 2.75) is 0 Å². The third-order valence-corrected chi connectivity index (χ3v) is 5.23. The highest BCUT2D eigenvalue weighted by Crippen LogP contribution is 2.26. The standard InChI is InChI=1S/C21H15N5OS/c27-20(24-21-22-15-9-4-5-10-16(15)23-21)18-13-17(19-11-6-12-28-19)25-26(18)14-7-2-1-3-8-14/h1-13H,(H2,22,23,24,27). The summed E-state index contributed by atoms with van der Waals surface area (Å²) in [4.78, 5) is 21.6. The number of hydrogen-bond donors (Lipinski definition) is 2. The van der Waals surface area contributed by atoms with Crippen molar-refractivity contribution in [2.75, 3.05) is 5.32 Å². The fourth-order valence-electron chi connectivity index (χ4n) is 3.04. The number of carbonyl (C=O) groups is 1. The summed E-state index contributed by atoms with van der Waals surface area (Å²) in [6.07, 6.45) is 0. The van der Waals surface area contributed by atoms with Crippen molar-refractivity contribution in [3.63, 3.8) is 0 Å². The summed E-state index contributed by atoms with van der Waals surface area (Å²) in [5.41, 5.74) is 3.69. The Morgan fingerprint density at radius 2 is 1.82 bits per heavy atom. The maximum Gasteiger partial charge on any atom is 0.276 e. The van der Waals surface area contributed by atoms with E-state index >= 15 is 0 Å². The summed E-state index contributed by atoms with van der Waals surface area (Å²) in [5.74, 6) is 0.128. The molecule has 7 heteroatoms. The Morgan fingerprint density at radius 1 is 1.00 bits per heavy atom. The van der Waals surface area contributed by atoms with Crippen molar-refractivity contribution in [2.24, 2.45) is 0 Å². The van der Waals surface area contributed by atoms with Crippen LogP contribution in [0.5, 0.6) is 0 Å². The van der Waals surface area contributed by atoms with Gasteiger partial charge in [-0.1, -0.05) is 36.4 Å². The first-order valence-corrected chi connectivity index (χ1v) is 9.61. The van der Waals surface area contributed by atoms with E-state index in [1.807, 2.05) is 72.1 Å². The van der Waals surface area contributed by atoms with Crippen LogP contribution in [-0.2, 0) is 0 Å². The molecule has 6 nitrogen and oxygen atoms in total. The number of nitrogens with zero attached hydrogens (tertiary/aromatic N) is 3. The molecule has 0 aliphatic rings. The summed E-state index contributed by atoms with van der Waals surface area (Å²) >= 11 is 1.59. The topological polar surface area (TPSA) is 75.6 Å². The first-order chi connectivity index (χ1) is 13.8. The summed E-state index contributed by atoms with van der Waals surface area (Å²) in [5, 5.41) is 9.51. The zero-order valence-corrected chi connectivity index (χ0v) is 15.5. The predicted octanol–water partition coefficient (Wildman–Crippen LogP) is 4.73. The third kappa shape index (κ3) is 2.97. The number of benzene rings is 2. The molecule has 0 spiro atoms. The summed E-state index contributed by atoms with van der Waals surface area (Å²) < 4.78 is 1.66. The highest BCUT2D eigenvalue weighted by Gasteiger charge is 2.19. The number of H-pyrrole nitrogens is 1. The van der Waals surface area contributed by atoms with Crippen LogP contribution in [0.25, 0.3) is 27.3 Å². The monoisotopic (exact) mass is 385 g/mol. The van der Waals surface area contributed by atoms with E-state index in [4.69, 9.17) is 0 Å². The Hall–Kier alpha value is -3.71. The minimum absolute atomic E-state index is 0.279. The lowest BCUT2D eigenvalue weighted by atomic mass is 10.3. The van der Waals surface area contributed by atoms with Crippen LogP contribution >= 0.6 is 11.3 Å². The van der Waals surface area contributed by atoms with Crippen LogP contribution in [0.1, 0.15) is 10.5 Å². The van der Waals surface area contributed by atoms with Gasteiger partial charge in [0.15, 0.2) is 0 Å². The van der Waals surface area contributed by atoms with Crippen LogP contribution in [0.2, 0.25) is 0 Å². The van der Waals surface area contributed by atoms with Gasteiger partial charge < -0.3 is 4.98 Å². The fourth-order valence-corrected chi connectivity index (χ4v) is 3.72. The van der Waals surface area contributed by atoms with Gasteiger partial charge in [0.2, 0.25) is 5.95 Å². The quantitative estimate of drug-likeness (QED) is 0.470. The van der Waals surface area contributed by atoms with Gasteiger partial charge in [-0.25, -0.2) is 9.67 Å². The molecular weight excluding hydrogens is 370 g/mol. The molecule has 1 amide bonds. The van der Waals surface area contributed by atoms with Crippen molar-refractivity contribution < 1.29 is 4.79 Å². The molecule has 2 N–H and O–H groups in total. The minimum Gasteiger partial charge on any atom is -0.324 e. The van der Waals surface area contributed by atoms with Gasteiger partial charge in [0.1, 0.15) is 11.4 Å². The van der Waals surface area contributed by atoms with Gasteiger partial charge in [-0.15, -0.1) is 11.3 Å². The average Bonchev–Trinajstić information content (AvgIpc) is 3.46. The molecule has 0 saturated carbocycles. The number of hydrogen-bond acceptors (Lipinski definition) is 4. The van der Waals surface area contributed by atoms with Crippen molar-refractivity contribution in [1.29, 1.82) is 0 Å². The van der Waals surface area contributed by atoms with Gasteiger partial charge >= 0.3 is 0 Å². The molecular formula is C21H15N5OS. The smallest absolute Gasteiger partial charge is 0.276 e. The van der Waals surface area contributed by atoms with E-state index in [1.54, 1.807) is 22.1 Å². The number of aromatic amines is 1. The number of aromatic nitrogens is 4. The Balaban J connectivity index is 1.54. The molecule has 2 aromatic carbocycles. The number of anilines is 1. The van der Waals surface area contributed by atoms with E-state index in [0.717, 1.165) is 27.3 Å². The van der Waals surface area contributed by atoms with Crippen LogP contribution in [0.15, 0.2) is 78.2 Å². The minimum atomic E-state index is -0.279. The predicted molar refractivity (Wildman–Crippen MR) is 111 cm³/mol. The molecule has 3 heterocycles.